The van der Waals surface area contributed by atoms with Crippen LogP contribution in [0.25, 0.3) is 0 Å². The molecule has 0 bridgehead atoms. The van der Waals surface area contributed by atoms with Crippen molar-refractivity contribution in [1.29, 1.82) is 0 Å². The Balaban J connectivity index is 1.82. The van der Waals surface area contributed by atoms with Crippen molar-refractivity contribution in [2.75, 3.05) is 19.0 Å². The van der Waals surface area contributed by atoms with Gasteiger partial charge in [0.25, 0.3) is 0 Å². The largest absolute Gasteiger partial charge is 0.378 e. The summed E-state index contributed by atoms with van der Waals surface area (Å²) in [6, 6.07) is 18.4. The highest BCUT2D eigenvalue weighted by atomic mass is 16.1. The van der Waals surface area contributed by atoms with Crippen molar-refractivity contribution in [1.82, 2.24) is 5.32 Å². The Morgan fingerprint density at radius 2 is 1.68 bits per heavy atom. The van der Waals surface area contributed by atoms with Crippen LogP contribution < -0.4 is 10.2 Å². The quantitative estimate of drug-likeness (QED) is 0.884. The first-order valence-corrected chi connectivity index (χ1v) is 7.64. The molecule has 2 aromatic carbocycles. The van der Waals surface area contributed by atoms with Crippen LogP contribution in [0.5, 0.6) is 0 Å². The maximum Gasteiger partial charge on any atom is 0.220 e. The number of amides is 1. The van der Waals surface area contributed by atoms with Gasteiger partial charge in [-0.1, -0.05) is 49.4 Å². The zero-order valence-electron chi connectivity index (χ0n) is 13.5. The summed E-state index contributed by atoms with van der Waals surface area (Å²) in [5.74, 6) is 0.324. The molecule has 0 saturated heterocycles. The monoisotopic (exact) mass is 296 g/mol. The van der Waals surface area contributed by atoms with Gasteiger partial charge >= 0.3 is 0 Å². The van der Waals surface area contributed by atoms with Crippen LogP contribution in [0, 0.1) is 0 Å². The first-order valence-electron chi connectivity index (χ1n) is 7.64. The molecule has 1 unspecified atom stereocenters. The van der Waals surface area contributed by atoms with Gasteiger partial charge in [-0.2, -0.15) is 0 Å². The predicted molar refractivity (Wildman–Crippen MR) is 92.1 cm³/mol. The van der Waals surface area contributed by atoms with E-state index in [4.69, 9.17) is 0 Å². The van der Waals surface area contributed by atoms with E-state index in [-0.39, 0.29) is 11.8 Å². The van der Waals surface area contributed by atoms with E-state index in [9.17, 15) is 4.79 Å². The fourth-order valence-corrected chi connectivity index (χ4v) is 2.36. The highest BCUT2D eigenvalue weighted by Crippen LogP contribution is 2.18. The highest BCUT2D eigenvalue weighted by molar-refractivity contribution is 5.76. The molecule has 0 heterocycles. The van der Waals surface area contributed by atoms with Crippen molar-refractivity contribution in [2.45, 2.75) is 25.8 Å². The van der Waals surface area contributed by atoms with Crippen LogP contribution >= 0.6 is 0 Å². The van der Waals surface area contributed by atoms with Crippen LogP contribution in [-0.4, -0.2) is 20.0 Å². The third kappa shape index (κ3) is 4.62. The van der Waals surface area contributed by atoms with Crippen LogP contribution in [0.4, 0.5) is 5.69 Å². The second kappa shape index (κ2) is 7.64. The molecule has 0 aliphatic rings. The topological polar surface area (TPSA) is 32.3 Å². The van der Waals surface area contributed by atoms with E-state index >= 15 is 0 Å². The Hall–Kier alpha value is -2.29. The molecule has 0 aliphatic carbocycles. The maximum atomic E-state index is 12.1. The average molecular weight is 296 g/mol. The van der Waals surface area contributed by atoms with Crippen LogP contribution in [0.1, 0.15) is 30.4 Å². The molecule has 2 rings (SSSR count). The number of hydrogen-bond donors (Lipinski definition) is 1. The normalized spacial score (nSPS) is 11.8. The van der Waals surface area contributed by atoms with E-state index in [1.54, 1.807) is 0 Å². The number of carbonyl (C=O) groups excluding carboxylic acids is 1. The minimum Gasteiger partial charge on any atom is -0.378 e. The Bertz CT molecular complexity index is 591. The number of nitrogens with zero attached hydrogens (tertiary/aromatic N) is 1. The number of hydrogen-bond acceptors (Lipinski definition) is 2. The van der Waals surface area contributed by atoms with Crippen molar-refractivity contribution in [3.05, 3.63) is 65.7 Å². The standard InChI is InChI=1S/C19H24N2O/c1-15(17-7-5-4-6-8-17)13-19(22)20-14-16-9-11-18(12-10-16)21(2)3/h4-12,15H,13-14H2,1-3H3,(H,20,22). The molecule has 1 N–H and O–H groups in total. The second-order valence-corrected chi connectivity index (χ2v) is 5.85. The minimum atomic E-state index is 0.0908. The summed E-state index contributed by atoms with van der Waals surface area (Å²) in [6.07, 6.45) is 0.514. The lowest BCUT2D eigenvalue weighted by atomic mass is 9.97. The van der Waals surface area contributed by atoms with Gasteiger partial charge in [-0.25, -0.2) is 0 Å². The molecule has 0 saturated carbocycles. The van der Waals surface area contributed by atoms with E-state index in [1.165, 1.54) is 5.56 Å². The number of benzene rings is 2. The average Bonchev–Trinajstić information content (AvgIpc) is 2.54. The van der Waals surface area contributed by atoms with Crippen LogP contribution in [0.2, 0.25) is 0 Å². The summed E-state index contributed by atoms with van der Waals surface area (Å²) in [5.41, 5.74) is 3.48. The van der Waals surface area contributed by atoms with Gasteiger partial charge in [-0.05, 0) is 29.2 Å². The number of anilines is 1. The van der Waals surface area contributed by atoms with Gasteiger partial charge < -0.3 is 10.2 Å². The smallest absolute Gasteiger partial charge is 0.220 e. The van der Waals surface area contributed by atoms with Gasteiger partial charge in [0.15, 0.2) is 0 Å². The second-order valence-electron chi connectivity index (χ2n) is 5.85. The van der Waals surface area contributed by atoms with Gasteiger partial charge in [0.1, 0.15) is 0 Å². The summed E-state index contributed by atoms with van der Waals surface area (Å²) in [5, 5.41) is 3.00. The van der Waals surface area contributed by atoms with Crippen LogP contribution in [0.15, 0.2) is 54.6 Å². The molecular formula is C19H24N2O. The first kappa shape index (κ1) is 16.1. The molecule has 0 aliphatic heterocycles. The molecule has 116 valence electrons. The van der Waals surface area contributed by atoms with Crippen LogP contribution in [-0.2, 0) is 11.3 Å². The SMILES string of the molecule is CC(CC(=O)NCc1ccc(N(C)C)cc1)c1ccccc1. The lowest BCUT2D eigenvalue weighted by Crippen LogP contribution is -2.24. The third-order valence-electron chi connectivity index (χ3n) is 3.80. The van der Waals surface area contributed by atoms with E-state index in [1.807, 2.05) is 32.3 Å². The fourth-order valence-electron chi connectivity index (χ4n) is 2.36. The summed E-state index contributed by atoms with van der Waals surface area (Å²) in [7, 11) is 4.03. The molecule has 0 aromatic heterocycles. The molecule has 3 nitrogen and oxygen atoms in total. The van der Waals surface area contributed by atoms with Crippen molar-refractivity contribution in [2.24, 2.45) is 0 Å². The van der Waals surface area contributed by atoms with Crippen LogP contribution in [0.3, 0.4) is 0 Å². The van der Waals surface area contributed by atoms with Crippen molar-refractivity contribution < 1.29 is 4.79 Å². The lowest BCUT2D eigenvalue weighted by Gasteiger charge is -2.14. The van der Waals surface area contributed by atoms with Crippen molar-refractivity contribution in [3.63, 3.8) is 0 Å². The fraction of sp³-hybridized carbons (Fsp3) is 0.316. The number of carbonyl (C=O) groups is 1. The van der Waals surface area contributed by atoms with Gasteiger partial charge in [0.2, 0.25) is 5.91 Å². The predicted octanol–water partition coefficient (Wildman–Crippen LogP) is 3.56. The Morgan fingerprint density at radius 1 is 1.05 bits per heavy atom. The zero-order valence-corrected chi connectivity index (χ0v) is 13.5. The molecule has 0 spiro atoms. The number of rotatable bonds is 6. The first-order chi connectivity index (χ1) is 10.6. The summed E-state index contributed by atoms with van der Waals surface area (Å²) < 4.78 is 0. The van der Waals surface area contributed by atoms with Crippen molar-refractivity contribution >= 4 is 11.6 Å². The molecule has 2 aromatic rings. The maximum absolute atomic E-state index is 12.1. The third-order valence-corrected chi connectivity index (χ3v) is 3.80. The molecule has 1 atom stereocenters. The molecule has 0 radical (unpaired) electrons. The molecule has 3 heteroatoms. The molecule has 22 heavy (non-hydrogen) atoms. The van der Waals surface area contributed by atoms with Gasteiger partial charge in [0, 0.05) is 32.7 Å². The van der Waals surface area contributed by atoms with Crippen molar-refractivity contribution in [3.8, 4) is 0 Å². The summed E-state index contributed by atoms with van der Waals surface area (Å²) >= 11 is 0. The highest BCUT2D eigenvalue weighted by Gasteiger charge is 2.10. The van der Waals surface area contributed by atoms with Gasteiger partial charge in [-0.3, -0.25) is 4.79 Å². The van der Waals surface area contributed by atoms with E-state index in [2.05, 4.69) is 53.5 Å². The summed E-state index contributed by atoms with van der Waals surface area (Å²) in [6.45, 7) is 2.66. The minimum absolute atomic E-state index is 0.0908. The molecule has 0 fully saturated rings. The Labute approximate surface area is 133 Å². The van der Waals surface area contributed by atoms with E-state index in [0.717, 1.165) is 11.3 Å². The van der Waals surface area contributed by atoms with E-state index < -0.39 is 0 Å². The van der Waals surface area contributed by atoms with Gasteiger partial charge in [0.05, 0.1) is 0 Å². The van der Waals surface area contributed by atoms with E-state index in [0.29, 0.717) is 13.0 Å². The summed E-state index contributed by atoms with van der Waals surface area (Å²) in [4.78, 5) is 14.1. The Morgan fingerprint density at radius 3 is 2.27 bits per heavy atom. The molecular weight excluding hydrogens is 272 g/mol. The Kier molecular flexibility index (Phi) is 5.59. The molecule has 1 amide bonds. The number of nitrogens with one attached hydrogen (secondary N) is 1. The lowest BCUT2D eigenvalue weighted by molar-refractivity contribution is -0.121. The zero-order chi connectivity index (χ0) is 15.9. The van der Waals surface area contributed by atoms with Gasteiger partial charge in [-0.15, -0.1) is 0 Å².